The molecule has 0 aliphatic heterocycles. The smallest absolute Gasteiger partial charge is 0.276 e. The molecule has 3 aromatic carbocycles. The molecular weight excluding hydrogens is 460 g/mol. The number of para-hydroxylation sites is 1. The van der Waals surface area contributed by atoms with Gasteiger partial charge in [0.25, 0.3) is 21.6 Å². The highest BCUT2D eigenvalue weighted by atomic mass is 32.2. The number of hydrogen-bond acceptors (Lipinski definition) is 7. The molecule has 0 bridgehead atoms. The monoisotopic (exact) mass is 480 g/mol. The van der Waals surface area contributed by atoms with Crippen molar-refractivity contribution in [3.8, 4) is 5.75 Å². The number of ether oxygens (including phenoxy) is 1. The average Bonchev–Trinajstić information content (AvgIpc) is 2.84. The maximum absolute atomic E-state index is 12.7. The van der Waals surface area contributed by atoms with Crippen molar-refractivity contribution in [2.45, 2.75) is 4.90 Å². The molecule has 3 aromatic rings. The molecule has 0 fully saturated rings. The van der Waals surface area contributed by atoms with Gasteiger partial charge in [0, 0.05) is 23.5 Å². The molecule has 10 nitrogen and oxygen atoms in total. The van der Waals surface area contributed by atoms with Crippen molar-refractivity contribution in [1.82, 2.24) is 5.43 Å². The van der Waals surface area contributed by atoms with Crippen LogP contribution in [0.1, 0.15) is 15.9 Å². The summed E-state index contributed by atoms with van der Waals surface area (Å²) >= 11 is 0. The number of nitro benzene ring substituents is 1. The maximum Gasteiger partial charge on any atom is 0.276 e. The number of nitro groups is 1. The number of carbonyl (C=O) groups is 1. The minimum atomic E-state index is -3.94. The van der Waals surface area contributed by atoms with Crippen molar-refractivity contribution in [3.05, 3.63) is 100 Å². The molecule has 0 aromatic heterocycles. The first kappa shape index (κ1) is 24.1. The van der Waals surface area contributed by atoms with Crippen LogP contribution in [-0.2, 0) is 10.0 Å². The van der Waals surface area contributed by atoms with E-state index in [1.54, 1.807) is 42.5 Å². The molecule has 0 aliphatic carbocycles. The average molecular weight is 481 g/mol. The summed E-state index contributed by atoms with van der Waals surface area (Å²) in [5.74, 6) is -0.0455. The van der Waals surface area contributed by atoms with E-state index in [0.29, 0.717) is 17.0 Å². The molecular formula is C23H20N4O6S. The van der Waals surface area contributed by atoms with Gasteiger partial charge in [-0.25, -0.2) is 13.8 Å². The number of allylic oxidation sites excluding steroid dienone is 1. The topological polar surface area (TPSA) is 140 Å². The predicted molar refractivity (Wildman–Crippen MR) is 128 cm³/mol. The van der Waals surface area contributed by atoms with Gasteiger partial charge in [0.15, 0.2) is 0 Å². The lowest BCUT2D eigenvalue weighted by atomic mass is 10.2. The van der Waals surface area contributed by atoms with Gasteiger partial charge in [-0.1, -0.05) is 18.2 Å². The number of nitrogens with one attached hydrogen (secondary N) is 2. The van der Waals surface area contributed by atoms with Crippen molar-refractivity contribution in [2.24, 2.45) is 5.10 Å². The standard InChI is InChI=1S/C23H20N4O6S/c1-33-20-13-11-19(12-14-20)26-34(31,32)21-9-4-7-18(16-21)23(28)25-24-15-5-8-17-6-2-3-10-22(17)27(29)30/h2-16,26H,1H3,(H,25,28)/b8-5+,24-15-. The Balaban J connectivity index is 1.65. The van der Waals surface area contributed by atoms with Gasteiger partial charge < -0.3 is 4.74 Å². The Bertz CT molecular complexity index is 1350. The number of carbonyl (C=O) groups excluding carboxylic acids is 1. The van der Waals surface area contributed by atoms with Gasteiger partial charge >= 0.3 is 0 Å². The van der Waals surface area contributed by atoms with Crippen LogP contribution in [0.4, 0.5) is 11.4 Å². The minimum absolute atomic E-state index is 0.0579. The number of amides is 1. The second-order valence-corrected chi connectivity index (χ2v) is 8.44. The lowest BCUT2D eigenvalue weighted by Crippen LogP contribution is -2.19. The third-order valence-corrected chi connectivity index (χ3v) is 5.86. The number of rotatable bonds is 9. The third-order valence-electron chi connectivity index (χ3n) is 4.48. The number of anilines is 1. The Morgan fingerprint density at radius 3 is 2.50 bits per heavy atom. The molecule has 34 heavy (non-hydrogen) atoms. The van der Waals surface area contributed by atoms with Crippen molar-refractivity contribution in [2.75, 3.05) is 11.8 Å². The molecule has 2 N–H and O–H groups in total. The van der Waals surface area contributed by atoms with Crippen LogP contribution in [0.15, 0.2) is 88.9 Å². The summed E-state index contributed by atoms with van der Waals surface area (Å²) < 4.78 is 32.8. The highest BCUT2D eigenvalue weighted by Crippen LogP contribution is 2.20. The quantitative estimate of drug-likeness (QED) is 0.271. The van der Waals surface area contributed by atoms with E-state index in [2.05, 4.69) is 15.2 Å². The molecule has 11 heteroatoms. The summed E-state index contributed by atoms with van der Waals surface area (Å²) in [5, 5.41) is 14.8. The van der Waals surface area contributed by atoms with Gasteiger partial charge in [0.2, 0.25) is 0 Å². The van der Waals surface area contributed by atoms with Crippen LogP contribution < -0.4 is 14.9 Å². The van der Waals surface area contributed by atoms with Crippen molar-refractivity contribution >= 4 is 39.6 Å². The zero-order valence-corrected chi connectivity index (χ0v) is 18.7. The van der Waals surface area contributed by atoms with E-state index in [-0.39, 0.29) is 16.1 Å². The molecule has 0 heterocycles. The number of nitrogens with zero attached hydrogens (tertiary/aromatic N) is 2. The Labute approximate surface area is 195 Å². The normalized spacial score (nSPS) is 11.4. The number of hydrogen-bond donors (Lipinski definition) is 2. The summed E-state index contributed by atoms with van der Waals surface area (Å²) in [7, 11) is -2.43. The zero-order chi connectivity index (χ0) is 24.6. The Hall–Kier alpha value is -4.51. The van der Waals surface area contributed by atoms with E-state index in [1.165, 1.54) is 55.8 Å². The Morgan fingerprint density at radius 1 is 1.06 bits per heavy atom. The Kier molecular flexibility index (Phi) is 7.72. The van der Waals surface area contributed by atoms with Crippen LogP contribution in [0.5, 0.6) is 5.75 Å². The van der Waals surface area contributed by atoms with E-state index in [4.69, 9.17) is 4.74 Å². The second-order valence-electron chi connectivity index (χ2n) is 6.76. The molecule has 0 radical (unpaired) electrons. The van der Waals surface area contributed by atoms with Gasteiger partial charge in [-0.2, -0.15) is 5.10 Å². The lowest BCUT2D eigenvalue weighted by molar-refractivity contribution is -0.385. The summed E-state index contributed by atoms with van der Waals surface area (Å²) in [6, 6.07) is 18.0. The van der Waals surface area contributed by atoms with Crippen LogP contribution in [0.2, 0.25) is 0 Å². The molecule has 0 saturated carbocycles. The van der Waals surface area contributed by atoms with Crippen LogP contribution in [-0.4, -0.2) is 32.6 Å². The molecule has 3 rings (SSSR count). The van der Waals surface area contributed by atoms with Gasteiger partial charge in [-0.3, -0.25) is 19.6 Å². The first-order valence-corrected chi connectivity index (χ1v) is 11.3. The molecule has 0 saturated heterocycles. The third kappa shape index (κ3) is 6.26. The van der Waals surface area contributed by atoms with Crippen LogP contribution >= 0.6 is 0 Å². The highest BCUT2D eigenvalue weighted by molar-refractivity contribution is 7.92. The Morgan fingerprint density at radius 2 is 1.79 bits per heavy atom. The fourth-order valence-corrected chi connectivity index (χ4v) is 3.93. The summed E-state index contributed by atoms with van der Waals surface area (Å²) in [4.78, 5) is 22.8. The molecule has 0 aliphatic rings. The molecule has 0 unspecified atom stereocenters. The van der Waals surface area contributed by atoms with E-state index in [0.717, 1.165) is 0 Å². The molecule has 0 atom stereocenters. The van der Waals surface area contributed by atoms with Crippen molar-refractivity contribution in [1.29, 1.82) is 0 Å². The van der Waals surface area contributed by atoms with Crippen molar-refractivity contribution < 1.29 is 22.9 Å². The minimum Gasteiger partial charge on any atom is -0.497 e. The molecule has 0 spiro atoms. The summed E-state index contributed by atoms with van der Waals surface area (Å²) in [6.07, 6.45) is 4.16. The number of sulfonamides is 1. The number of benzene rings is 3. The van der Waals surface area contributed by atoms with Gasteiger partial charge in [-0.15, -0.1) is 0 Å². The molecule has 174 valence electrons. The van der Waals surface area contributed by atoms with E-state index in [1.807, 2.05) is 0 Å². The molecule has 1 amide bonds. The number of methoxy groups -OCH3 is 1. The fraction of sp³-hybridized carbons (Fsp3) is 0.0435. The summed E-state index contributed by atoms with van der Waals surface area (Å²) in [6.45, 7) is 0. The highest BCUT2D eigenvalue weighted by Gasteiger charge is 2.16. The first-order chi connectivity index (χ1) is 16.3. The van der Waals surface area contributed by atoms with Gasteiger partial charge in [0.1, 0.15) is 5.75 Å². The number of hydrazone groups is 1. The summed E-state index contributed by atoms with van der Waals surface area (Å²) in [5.41, 5.74) is 3.02. The first-order valence-electron chi connectivity index (χ1n) is 9.80. The van der Waals surface area contributed by atoms with Gasteiger partial charge in [-0.05, 0) is 60.7 Å². The zero-order valence-electron chi connectivity index (χ0n) is 17.9. The van der Waals surface area contributed by atoms with E-state index in [9.17, 15) is 23.3 Å². The second kappa shape index (κ2) is 10.9. The van der Waals surface area contributed by atoms with E-state index >= 15 is 0 Å². The predicted octanol–water partition coefficient (Wildman–Crippen LogP) is 3.83. The van der Waals surface area contributed by atoms with Crippen LogP contribution in [0, 0.1) is 10.1 Å². The van der Waals surface area contributed by atoms with Gasteiger partial charge in [0.05, 0.1) is 22.5 Å². The largest absolute Gasteiger partial charge is 0.497 e. The maximum atomic E-state index is 12.7. The van der Waals surface area contributed by atoms with E-state index < -0.39 is 20.9 Å². The van der Waals surface area contributed by atoms with Crippen LogP contribution in [0.3, 0.4) is 0 Å². The SMILES string of the molecule is COc1ccc(NS(=O)(=O)c2cccc(C(=O)N/N=C\C=C\c3ccccc3[N+](=O)[O-])c2)cc1. The lowest BCUT2D eigenvalue weighted by Gasteiger charge is -2.09. The fourth-order valence-electron chi connectivity index (χ4n) is 2.82. The van der Waals surface area contributed by atoms with Crippen LogP contribution in [0.25, 0.3) is 6.08 Å². The van der Waals surface area contributed by atoms with Crippen molar-refractivity contribution in [3.63, 3.8) is 0 Å².